The molecule has 0 aromatic heterocycles. The Morgan fingerprint density at radius 3 is 2.38 bits per heavy atom. The number of nitro benzene ring substituents is 1. The van der Waals surface area contributed by atoms with Crippen LogP contribution in [-0.4, -0.2) is 53.8 Å². The summed E-state index contributed by atoms with van der Waals surface area (Å²) in [6.07, 6.45) is -1.01. The van der Waals surface area contributed by atoms with E-state index in [1.54, 1.807) is 41.3 Å². The Kier molecular flexibility index (Phi) is 7.20. The van der Waals surface area contributed by atoms with Crippen LogP contribution in [0, 0.1) is 10.1 Å². The molecule has 0 N–H and O–H groups in total. The van der Waals surface area contributed by atoms with Crippen LogP contribution in [0.25, 0.3) is 0 Å². The fraction of sp³-hybridized carbons (Fsp3) is 0.300. The van der Waals surface area contributed by atoms with Gasteiger partial charge in [0.1, 0.15) is 0 Å². The molecule has 8 nitrogen and oxygen atoms in total. The summed E-state index contributed by atoms with van der Waals surface area (Å²) < 4.78 is 10.8. The van der Waals surface area contributed by atoms with Crippen LogP contribution in [0.3, 0.4) is 0 Å². The molecule has 9 heteroatoms. The molecule has 2 aromatic rings. The normalized spacial score (nSPS) is 14.8. The quantitative estimate of drug-likeness (QED) is 0.296. The highest BCUT2D eigenvalue weighted by molar-refractivity contribution is 8.00. The van der Waals surface area contributed by atoms with Gasteiger partial charge in [-0.15, -0.1) is 11.8 Å². The number of hydrogen-bond donors (Lipinski definition) is 0. The maximum atomic E-state index is 12.9. The first-order chi connectivity index (χ1) is 14.0. The summed E-state index contributed by atoms with van der Waals surface area (Å²) in [6.45, 7) is 1.82. The van der Waals surface area contributed by atoms with Gasteiger partial charge in [0.05, 0.1) is 23.9 Å². The molecule has 2 aromatic carbocycles. The zero-order valence-corrected chi connectivity index (χ0v) is 16.4. The first kappa shape index (κ1) is 20.8. The minimum Gasteiger partial charge on any atom is -0.447 e. The van der Waals surface area contributed by atoms with Crippen molar-refractivity contribution in [2.75, 3.05) is 32.1 Å². The number of carbonyl (C=O) groups is 2. The van der Waals surface area contributed by atoms with Crippen molar-refractivity contribution >= 4 is 29.3 Å². The van der Waals surface area contributed by atoms with E-state index in [0.29, 0.717) is 36.8 Å². The topological polar surface area (TPSA) is 99.0 Å². The number of rotatable bonds is 7. The highest BCUT2D eigenvalue weighted by Gasteiger charge is 2.30. The van der Waals surface area contributed by atoms with Gasteiger partial charge in [-0.3, -0.25) is 19.7 Å². The summed E-state index contributed by atoms with van der Waals surface area (Å²) in [7, 11) is 0. The van der Waals surface area contributed by atoms with Crippen molar-refractivity contribution in [3.63, 3.8) is 0 Å². The molecule has 0 radical (unpaired) electrons. The molecule has 1 atom stereocenters. The van der Waals surface area contributed by atoms with Crippen molar-refractivity contribution in [1.82, 2.24) is 4.90 Å². The summed E-state index contributed by atoms with van der Waals surface area (Å²) in [5.41, 5.74) is 0.592. The van der Waals surface area contributed by atoms with Crippen LogP contribution >= 0.6 is 11.8 Å². The van der Waals surface area contributed by atoms with E-state index in [-0.39, 0.29) is 17.3 Å². The van der Waals surface area contributed by atoms with Crippen LogP contribution in [0.5, 0.6) is 0 Å². The number of thioether (sulfide) groups is 1. The van der Waals surface area contributed by atoms with Gasteiger partial charge in [0.25, 0.3) is 11.6 Å². The van der Waals surface area contributed by atoms with Crippen molar-refractivity contribution in [1.29, 1.82) is 0 Å². The fourth-order valence-corrected chi connectivity index (χ4v) is 3.49. The van der Waals surface area contributed by atoms with Gasteiger partial charge in [0.15, 0.2) is 0 Å². The van der Waals surface area contributed by atoms with Crippen molar-refractivity contribution in [2.24, 2.45) is 0 Å². The SMILES string of the molecule is O=C(CSc1ccc([N+](=O)[O-])cc1)O[C@@H](C(=O)N1CCOCC1)c1ccccc1. The number of morpholine rings is 1. The van der Waals surface area contributed by atoms with Crippen molar-refractivity contribution in [3.05, 3.63) is 70.3 Å². The Hall–Kier alpha value is -2.91. The van der Waals surface area contributed by atoms with E-state index < -0.39 is 17.0 Å². The largest absolute Gasteiger partial charge is 0.447 e. The van der Waals surface area contributed by atoms with Gasteiger partial charge >= 0.3 is 5.97 Å². The van der Waals surface area contributed by atoms with Crippen LogP contribution in [-0.2, 0) is 19.1 Å². The van der Waals surface area contributed by atoms with Gasteiger partial charge in [-0.25, -0.2) is 0 Å². The van der Waals surface area contributed by atoms with Crippen molar-refractivity contribution in [2.45, 2.75) is 11.0 Å². The van der Waals surface area contributed by atoms with E-state index in [4.69, 9.17) is 9.47 Å². The smallest absolute Gasteiger partial charge is 0.317 e. The number of hydrogen-bond acceptors (Lipinski definition) is 7. The van der Waals surface area contributed by atoms with Gasteiger partial charge in [-0.2, -0.15) is 0 Å². The predicted octanol–water partition coefficient (Wildman–Crippen LogP) is 2.83. The van der Waals surface area contributed by atoms with Gasteiger partial charge in [-0.1, -0.05) is 30.3 Å². The number of carbonyl (C=O) groups excluding carboxylic acids is 2. The van der Waals surface area contributed by atoms with Crippen LogP contribution in [0.1, 0.15) is 11.7 Å². The van der Waals surface area contributed by atoms with E-state index in [9.17, 15) is 19.7 Å². The first-order valence-electron chi connectivity index (χ1n) is 9.03. The van der Waals surface area contributed by atoms with E-state index in [1.807, 2.05) is 6.07 Å². The Morgan fingerprint density at radius 2 is 1.76 bits per heavy atom. The van der Waals surface area contributed by atoms with Crippen LogP contribution < -0.4 is 0 Å². The molecule has 1 fully saturated rings. The molecule has 0 bridgehead atoms. The second-order valence-corrected chi connectivity index (χ2v) is 7.31. The molecular formula is C20H20N2O6S. The molecule has 1 amide bonds. The van der Waals surface area contributed by atoms with Crippen molar-refractivity contribution < 1.29 is 24.0 Å². The number of non-ortho nitro benzene ring substituents is 1. The predicted molar refractivity (Wildman–Crippen MR) is 106 cm³/mol. The molecule has 0 aliphatic carbocycles. The Bertz CT molecular complexity index is 853. The summed E-state index contributed by atoms with van der Waals surface area (Å²) in [5.74, 6) is -0.825. The average molecular weight is 416 g/mol. The number of esters is 1. The number of benzene rings is 2. The van der Waals surface area contributed by atoms with Crippen LogP contribution in [0.4, 0.5) is 5.69 Å². The average Bonchev–Trinajstić information content (AvgIpc) is 2.77. The van der Waals surface area contributed by atoms with Gasteiger partial charge in [0, 0.05) is 35.7 Å². The first-order valence-corrected chi connectivity index (χ1v) is 10.0. The van der Waals surface area contributed by atoms with E-state index in [1.165, 1.54) is 23.9 Å². The third kappa shape index (κ3) is 5.78. The number of ether oxygens (including phenoxy) is 2. The van der Waals surface area contributed by atoms with Gasteiger partial charge in [-0.05, 0) is 12.1 Å². The summed E-state index contributed by atoms with van der Waals surface area (Å²) in [4.78, 5) is 37.9. The fourth-order valence-electron chi connectivity index (χ4n) is 2.81. The Balaban J connectivity index is 1.64. The third-order valence-electron chi connectivity index (χ3n) is 4.30. The highest BCUT2D eigenvalue weighted by atomic mass is 32.2. The summed E-state index contributed by atoms with van der Waals surface area (Å²) in [6, 6.07) is 14.8. The number of nitrogens with zero attached hydrogens (tertiary/aromatic N) is 2. The minimum atomic E-state index is -1.01. The second-order valence-electron chi connectivity index (χ2n) is 6.26. The molecule has 29 heavy (non-hydrogen) atoms. The lowest BCUT2D eigenvalue weighted by atomic mass is 10.1. The lowest BCUT2D eigenvalue weighted by Crippen LogP contribution is -2.44. The number of amides is 1. The van der Waals surface area contributed by atoms with E-state index >= 15 is 0 Å². The second kappa shape index (κ2) is 10.0. The summed E-state index contributed by atoms with van der Waals surface area (Å²) in [5, 5.41) is 10.7. The zero-order chi connectivity index (χ0) is 20.6. The van der Waals surface area contributed by atoms with Gasteiger partial charge < -0.3 is 14.4 Å². The standard InChI is InChI=1S/C20H20N2O6S/c23-18(14-29-17-8-6-16(7-9-17)22(25)26)28-19(15-4-2-1-3-5-15)20(24)21-10-12-27-13-11-21/h1-9,19H,10-14H2/t19-/m1/s1. The molecule has 1 heterocycles. The van der Waals surface area contributed by atoms with Crippen LogP contribution in [0.15, 0.2) is 59.5 Å². The monoisotopic (exact) mass is 416 g/mol. The molecule has 3 rings (SSSR count). The third-order valence-corrected chi connectivity index (χ3v) is 5.29. The lowest BCUT2D eigenvalue weighted by molar-refractivity contribution is -0.384. The van der Waals surface area contributed by atoms with E-state index in [0.717, 1.165) is 0 Å². The molecular weight excluding hydrogens is 396 g/mol. The molecule has 0 spiro atoms. The Labute approximate surface area is 171 Å². The Morgan fingerprint density at radius 1 is 1.10 bits per heavy atom. The summed E-state index contributed by atoms with van der Waals surface area (Å²) >= 11 is 1.19. The zero-order valence-electron chi connectivity index (χ0n) is 15.6. The molecule has 0 saturated carbocycles. The van der Waals surface area contributed by atoms with Crippen LogP contribution in [0.2, 0.25) is 0 Å². The maximum Gasteiger partial charge on any atom is 0.317 e. The molecule has 1 saturated heterocycles. The minimum absolute atomic E-state index is 0.0163. The highest BCUT2D eigenvalue weighted by Crippen LogP contribution is 2.25. The molecule has 1 aliphatic rings. The molecule has 152 valence electrons. The van der Waals surface area contributed by atoms with E-state index in [2.05, 4.69) is 0 Å². The number of nitro groups is 1. The maximum absolute atomic E-state index is 12.9. The molecule has 0 unspecified atom stereocenters. The molecule has 1 aliphatic heterocycles. The lowest BCUT2D eigenvalue weighted by Gasteiger charge is -2.30. The van der Waals surface area contributed by atoms with Crippen molar-refractivity contribution in [3.8, 4) is 0 Å². The van der Waals surface area contributed by atoms with Gasteiger partial charge in [0.2, 0.25) is 6.10 Å².